The minimum atomic E-state index is 0.244. The van der Waals surface area contributed by atoms with E-state index in [1.54, 1.807) is 0 Å². The van der Waals surface area contributed by atoms with Gasteiger partial charge in [-0.25, -0.2) is 0 Å². The zero-order valence-electron chi connectivity index (χ0n) is 11.7. The van der Waals surface area contributed by atoms with Crippen molar-refractivity contribution >= 4 is 11.6 Å². The van der Waals surface area contributed by atoms with Gasteiger partial charge in [-0.05, 0) is 37.9 Å². The number of para-hydroxylation sites is 1. The van der Waals surface area contributed by atoms with Gasteiger partial charge in [0.15, 0.2) is 0 Å². The standard InChI is InChI=1S/C16H22ClNO2/c17-14-3-1-2-4-15(14)20-16(13-5-8-18-11-13)12-6-9-19-10-7-12/h1-4,12-13,16,18H,5-11H2/t13?,16-/m1/s1. The van der Waals surface area contributed by atoms with Crippen LogP contribution in [0, 0.1) is 11.8 Å². The molecule has 0 bridgehead atoms. The van der Waals surface area contributed by atoms with Gasteiger partial charge in [0.25, 0.3) is 0 Å². The topological polar surface area (TPSA) is 30.5 Å². The van der Waals surface area contributed by atoms with E-state index < -0.39 is 0 Å². The average molecular weight is 296 g/mol. The molecule has 0 aliphatic carbocycles. The molecule has 0 spiro atoms. The third kappa shape index (κ3) is 3.27. The molecule has 2 atom stereocenters. The molecule has 3 rings (SSSR count). The number of hydrogen-bond donors (Lipinski definition) is 1. The monoisotopic (exact) mass is 295 g/mol. The molecule has 4 heteroatoms. The lowest BCUT2D eigenvalue weighted by atomic mass is 9.85. The van der Waals surface area contributed by atoms with Crippen molar-refractivity contribution in [2.24, 2.45) is 11.8 Å². The van der Waals surface area contributed by atoms with Crippen LogP contribution in [-0.4, -0.2) is 32.4 Å². The summed E-state index contributed by atoms with van der Waals surface area (Å²) in [6.07, 6.45) is 3.61. The van der Waals surface area contributed by atoms with Crippen molar-refractivity contribution in [3.8, 4) is 5.75 Å². The lowest BCUT2D eigenvalue weighted by molar-refractivity contribution is -0.00129. The first kappa shape index (κ1) is 14.2. The Hall–Kier alpha value is -0.770. The van der Waals surface area contributed by atoms with Gasteiger partial charge in [0.2, 0.25) is 0 Å². The van der Waals surface area contributed by atoms with E-state index in [0.29, 0.717) is 16.9 Å². The van der Waals surface area contributed by atoms with Gasteiger partial charge < -0.3 is 14.8 Å². The summed E-state index contributed by atoms with van der Waals surface area (Å²) in [6.45, 7) is 3.85. The van der Waals surface area contributed by atoms with Crippen molar-refractivity contribution in [1.82, 2.24) is 5.32 Å². The Morgan fingerprint density at radius 1 is 1.15 bits per heavy atom. The third-order valence-corrected chi connectivity index (χ3v) is 4.71. The van der Waals surface area contributed by atoms with E-state index in [2.05, 4.69) is 5.32 Å². The molecule has 0 aromatic heterocycles. The van der Waals surface area contributed by atoms with E-state index in [4.69, 9.17) is 21.1 Å². The van der Waals surface area contributed by atoms with Gasteiger partial charge in [-0.3, -0.25) is 0 Å². The van der Waals surface area contributed by atoms with Crippen LogP contribution in [-0.2, 0) is 4.74 Å². The first-order chi connectivity index (χ1) is 9.84. The highest BCUT2D eigenvalue weighted by atomic mass is 35.5. The highest BCUT2D eigenvalue weighted by molar-refractivity contribution is 6.32. The molecule has 0 radical (unpaired) electrons. The van der Waals surface area contributed by atoms with Gasteiger partial charge in [0, 0.05) is 31.6 Å². The molecule has 2 fully saturated rings. The van der Waals surface area contributed by atoms with Crippen LogP contribution in [0.2, 0.25) is 5.02 Å². The first-order valence-electron chi connectivity index (χ1n) is 7.54. The summed E-state index contributed by atoms with van der Waals surface area (Å²) in [7, 11) is 0. The molecule has 1 N–H and O–H groups in total. The van der Waals surface area contributed by atoms with Gasteiger partial charge >= 0.3 is 0 Å². The Morgan fingerprint density at radius 3 is 2.65 bits per heavy atom. The SMILES string of the molecule is Clc1ccccc1O[C@H](C1CCOCC1)C1CCNC1. The summed E-state index contributed by atoms with van der Waals surface area (Å²) >= 11 is 6.25. The zero-order valence-corrected chi connectivity index (χ0v) is 12.4. The highest BCUT2D eigenvalue weighted by Crippen LogP contribution is 2.33. The molecule has 110 valence electrons. The highest BCUT2D eigenvalue weighted by Gasteiger charge is 2.34. The summed E-state index contributed by atoms with van der Waals surface area (Å²) in [5, 5.41) is 4.15. The molecule has 1 aromatic carbocycles. The maximum absolute atomic E-state index is 6.34. The third-order valence-electron chi connectivity index (χ3n) is 4.39. The van der Waals surface area contributed by atoms with E-state index >= 15 is 0 Å². The molecule has 0 amide bonds. The van der Waals surface area contributed by atoms with Crippen LogP contribution in [0.25, 0.3) is 0 Å². The molecular weight excluding hydrogens is 274 g/mol. The fourth-order valence-corrected chi connectivity index (χ4v) is 3.45. The molecule has 3 nitrogen and oxygen atoms in total. The van der Waals surface area contributed by atoms with Crippen molar-refractivity contribution in [1.29, 1.82) is 0 Å². The predicted octanol–water partition coefficient (Wildman–Crippen LogP) is 3.12. The van der Waals surface area contributed by atoms with Crippen LogP contribution < -0.4 is 10.1 Å². The summed E-state index contributed by atoms with van der Waals surface area (Å²) in [4.78, 5) is 0. The van der Waals surface area contributed by atoms with Crippen LogP contribution in [0.5, 0.6) is 5.75 Å². The normalized spacial score (nSPS) is 25.6. The minimum absolute atomic E-state index is 0.244. The Morgan fingerprint density at radius 2 is 1.95 bits per heavy atom. The average Bonchev–Trinajstić information content (AvgIpc) is 3.01. The van der Waals surface area contributed by atoms with Crippen LogP contribution in [0.4, 0.5) is 0 Å². The van der Waals surface area contributed by atoms with Gasteiger partial charge in [0.1, 0.15) is 11.9 Å². The lowest BCUT2D eigenvalue weighted by Gasteiger charge is -2.34. The van der Waals surface area contributed by atoms with E-state index in [1.807, 2.05) is 24.3 Å². The molecule has 20 heavy (non-hydrogen) atoms. The van der Waals surface area contributed by atoms with Crippen molar-refractivity contribution in [3.63, 3.8) is 0 Å². The molecule has 2 aliphatic heterocycles. The number of rotatable bonds is 4. The largest absolute Gasteiger partial charge is 0.488 e. The molecule has 1 unspecified atom stereocenters. The minimum Gasteiger partial charge on any atom is -0.488 e. The first-order valence-corrected chi connectivity index (χ1v) is 7.92. The molecular formula is C16H22ClNO2. The van der Waals surface area contributed by atoms with Crippen LogP contribution in [0.1, 0.15) is 19.3 Å². The molecule has 1 aromatic rings. The van der Waals surface area contributed by atoms with E-state index in [1.165, 1.54) is 6.42 Å². The Kier molecular flexibility index (Phi) is 4.81. The second kappa shape index (κ2) is 6.79. The quantitative estimate of drug-likeness (QED) is 0.926. The number of ether oxygens (including phenoxy) is 2. The Bertz CT molecular complexity index is 428. The van der Waals surface area contributed by atoms with E-state index in [-0.39, 0.29) is 6.10 Å². The summed E-state index contributed by atoms with van der Waals surface area (Å²) in [5.41, 5.74) is 0. The maximum atomic E-state index is 6.34. The number of benzene rings is 1. The molecule has 2 saturated heterocycles. The Balaban J connectivity index is 1.75. The molecule has 0 saturated carbocycles. The van der Waals surface area contributed by atoms with Crippen molar-refractivity contribution in [3.05, 3.63) is 29.3 Å². The summed E-state index contributed by atoms with van der Waals surface area (Å²) < 4.78 is 11.8. The maximum Gasteiger partial charge on any atom is 0.138 e. The number of hydrogen-bond acceptors (Lipinski definition) is 3. The molecule has 2 heterocycles. The van der Waals surface area contributed by atoms with Crippen LogP contribution in [0.15, 0.2) is 24.3 Å². The second-order valence-electron chi connectivity index (χ2n) is 5.72. The van der Waals surface area contributed by atoms with E-state index in [0.717, 1.165) is 44.9 Å². The number of halogens is 1. The zero-order chi connectivity index (χ0) is 13.8. The van der Waals surface area contributed by atoms with Gasteiger partial charge in [-0.2, -0.15) is 0 Å². The molecule has 2 aliphatic rings. The Labute approximate surface area is 125 Å². The number of nitrogens with one attached hydrogen (secondary N) is 1. The fraction of sp³-hybridized carbons (Fsp3) is 0.625. The van der Waals surface area contributed by atoms with Crippen LogP contribution >= 0.6 is 11.6 Å². The van der Waals surface area contributed by atoms with Crippen LogP contribution in [0.3, 0.4) is 0 Å². The predicted molar refractivity (Wildman–Crippen MR) is 80.4 cm³/mol. The van der Waals surface area contributed by atoms with Gasteiger partial charge in [0.05, 0.1) is 5.02 Å². The summed E-state index contributed by atoms with van der Waals surface area (Å²) in [6, 6.07) is 7.78. The summed E-state index contributed by atoms with van der Waals surface area (Å²) in [5.74, 6) is 1.97. The van der Waals surface area contributed by atoms with Gasteiger partial charge in [-0.1, -0.05) is 23.7 Å². The lowest BCUT2D eigenvalue weighted by Crippen LogP contribution is -2.39. The van der Waals surface area contributed by atoms with Gasteiger partial charge in [-0.15, -0.1) is 0 Å². The fourth-order valence-electron chi connectivity index (χ4n) is 3.27. The van der Waals surface area contributed by atoms with Crippen molar-refractivity contribution in [2.75, 3.05) is 26.3 Å². The van der Waals surface area contributed by atoms with Crippen molar-refractivity contribution in [2.45, 2.75) is 25.4 Å². The second-order valence-corrected chi connectivity index (χ2v) is 6.12. The van der Waals surface area contributed by atoms with Crippen molar-refractivity contribution < 1.29 is 9.47 Å². The smallest absolute Gasteiger partial charge is 0.138 e. The van der Waals surface area contributed by atoms with E-state index in [9.17, 15) is 0 Å².